The predicted octanol–water partition coefficient (Wildman–Crippen LogP) is 2.56. The van der Waals surface area contributed by atoms with E-state index in [0.29, 0.717) is 28.6 Å². The van der Waals surface area contributed by atoms with Gasteiger partial charge >= 0.3 is 0 Å². The zero-order chi connectivity index (χ0) is 18.0. The number of rotatable bonds is 4. The molecule has 0 atom stereocenters. The number of carbonyl (C=O) groups excluding carboxylic acids is 1. The van der Waals surface area contributed by atoms with Crippen molar-refractivity contribution in [1.29, 1.82) is 0 Å². The second-order valence-corrected chi connectivity index (χ2v) is 6.22. The zero-order valence-electron chi connectivity index (χ0n) is 14.2. The van der Waals surface area contributed by atoms with Gasteiger partial charge in [-0.2, -0.15) is 0 Å². The summed E-state index contributed by atoms with van der Waals surface area (Å²) in [6.07, 6.45) is 1.90. The number of nitrogens with zero attached hydrogens (tertiary/aromatic N) is 3. The lowest BCUT2D eigenvalue weighted by Gasteiger charge is -2.12. The first-order chi connectivity index (χ1) is 12.0. The molecule has 0 bridgehead atoms. The van der Waals surface area contributed by atoms with Gasteiger partial charge in [-0.25, -0.2) is 9.97 Å². The first-order valence-corrected chi connectivity index (χ1v) is 9.10. The van der Waals surface area contributed by atoms with E-state index in [-0.39, 0.29) is 11.5 Å². The number of aromatic nitrogens is 3. The van der Waals surface area contributed by atoms with Gasteiger partial charge in [0.2, 0.25) is 0 Å². The van der Waals surface area contributed by atoms with Crippen LogP contribution in [0.25, 0.3) is 16.7 Å². The number of amides is 1. The maximum Gasteiger partial charge on any atom is 0.256 e. The fraction of sp³-hybridized carbons (Fsp3) is 0.222. The van der Waals surface area contributed by atoms with E-state index >= 15 is 0 Å². The number of benzene rings is 1. The topological polar surface area (TPSA) is 76.9 Å². The van der Waals surface area contributed by atoms with E-state index in [4.69, 9.17) is 0 Å². The van der Waals surface area contributed by atoms with Crippen LogP contribution in [0.4, 0.5) is 0 Å². The molecule has 1 N–H and O–H groups in total. The largest absolute Gasteiger partial charge is 0.352 e. The Hall–Kier alpha value is -2.67. The summed E-state index contributed by atoms with van der Waals surface area (Å²) in [6.45, 7) is 4.33. The number of thioether (sulfide) groups is 1. The minimum atomic E-state index is -0.177. The van der Waals surface area contributed by atoms with Crippen molar-refractivity contribution < 1.29 is 4.79 Å². The van der Waals surface area contributed by atoms with Gasteiger partial charge < -0.3 is 5.32 Å². The standard InChI is InChI=1S/C18H18N4O2S/c1-4-19-17(24)12-5-7-13(8-6-12)22-15(23)10-9-14-11(2)20-18(25-3)21-16(14)22/h5-10H,4H2,1-3H3,(H,19,24). The van der Waals surface area contributed by atoms with Crippen LogP contribution in [0.2, 0.25) is 0 Å². The van der Waals surface area contributed by atoms with E-state index < -0.39 is 0 Å². The molecule has 0 saturated heterocycles. The van der Waals surface area contributed by atoms with Gasteiger partial charge in [0.1, 0.15) is 0 Å². The van der Waals surface area contributed by atoms with Gasteiger partial charge in [-0.05, 0) is 50.4 Å². The molecule has 1 aromatic carbocycles. The predicted molar refractivity (Wildman–Crippen MR) is 99.7 cm³/mol. The van der Waals surface area contributed by atoms with Crippen LogP contribution in [0.5, 0.6) is 0 Å². The minimum absolute atomic E-state index is 0.137. The van der Waals surface area contributed by atoms with Crippen LogP contribution in [0, 0.1) is 6.92 Å². The van der Waals surface area contributed by atoms with E-state index in [9.17, 15) is 9.59 Å². The quantitative estimate of drug-likeness (QED) is 0.575. The van der Waals surface area contributed by atoms with Gasteiger partial charge in [-0.1, -0.05) is 11.8 Å². The molecule has 6 nitrogen and oxygen atoms in total. The first-order valence-electron chi connectivity index (χ1n) is 7.88. The Morgan fingerprint density at radius 1 is 1.16 bits per heavy atom. The van der Waals surface area contributed by atoms with Gasteiger partial charge in [0.05, 0.1) is 11.4 Å². The zero-order valence-corrected chi connectivity index (χ0v) is 15.1. The monoisotopic (exact) mass is 354 g/mol. The molecule has 128 valence electrons. The number of nitrogens with one attached hydrogen (secondary N) is 1. The summed E-state index contributed by atoms with van der Waals surface area (Å²) in [5.41, 5.74) is 2.42. The SMILES string of the molecule is CCNC(=O)c1ccc(-n2c(=O)ccc3c(C)nc(SC)nc32)cc1. The van der Waals surface area contributed by atoms with Gasteiger partial charge in [0.25, 0.3) is 11.5 Å². The highest BCUT2D eigenvalue weighted by Crippen LogP contribution is 2.20. The maximum absolute atomic E-state index is 12.5. The Balaban J connectivity index is 2.18. The van der Waals surface area contributed by atoms with Gasteiger partial charge in [0, 0.05) is 23.6 Å². The lowest BCUT2D eigenvalue weighted by atomic mass is 10.2. The minimum Gasteiger partial charge on any atom is -0.352 e. The molecule has 7 heteroatoms. The Bertz CT molecular complexity index is 996. The molecule has 3 aromatic rings. The van der Waals surface area contributed by atoms with Crippen molar-refractivity contribution in [3.63, 3.8) is 0 Å². The summed E-state index contributed by atoms with van der Waals surface area (Å²) in [6, 6.07) is 10.2. The Morgan fingerprint density at radius 3 is 2.52 bits per heavy atom. The fourth-order valence-corrected chi connectivity index (χ4v) is 3.01. The first kappa shape index (κ1) is 17.2. The number of carbonyl (C=O) groups is 1. The highest BCUT2D eigenvalue weighted by molar-refractivity contribution is 7.98. The third-order valence-corrected chi connectivity index (χ3v) is 4.38. The lowest BCUT2D eigenvalue weighted by Crippen LogP contribution is -2.23. The van der Waals surface area contributed by atoms with Gasteiger partial charge in [-0.3, -0.25) is 14.2 Å². The fourth-order valence-electron chi connectivity index (χ4n) is 2.61. The summed E-state index contributed by atoms with van der Waals surface area (Å²) in [5, 5.41) is 4.19. The molecule has 2 aromatic heterocycles. The average Bonchev–Trinajstić information content (AvgIpc) is 2.61. The summed E-state index contributed by atoms with van der Waals surface area (Å²) in [7, 11) is 0. The Kier molecular flexibility index (Phi) is 4.85. The van der Waals surface area contributed by atoms with Gasteiger partial charge in [-0.15, -0.1) is 0 Å². The van der Waals surface area contributed by atoms with Crippen LogP contribution in [-0.2, 0) is 0 Å². The normalized spacial score (nSPS) is 10.8. The molecular formula is C18H18N4O2S. The molecule has 0 aliphatic heterocycles. The van der Waals surface area contributed by atoms with Crippen LogP contribution in [0.1, 0.15) is 23.0 Å². The molecule has 0 aliphatic rings. The molecule has 0 unspecified atom stereocenters. The Labute approximate surface area is 149 Å². The molecule has 0 radical (unpaired) electrons. The highest BCUT2D eigenvalue weighted by Gasteiger charge is 2.12. The van der Waals surface area contributed by atoms with Crippen molar-refractivity contribution in [3.8, 4) is 5.69 Å². The number of pyridine rings is 1. The van der Waals surface area contributed by atoms with E-state index in [1.807, 2.05) is 20.1 Å². The number of aryl methyl sites for hydroxylation is 1. The third kappa shape index (κ3) is 3.28. The molecular weight excluding hydrogens is 336 g/mol. The summed E-state index contributed by atoms with van der Waals surface area (Å²) in [5.74, 6) is -0.137. The number of fused-ring (bicyclic) bond motifs is 1. The second-order valence-electron chi connectivity index (χ2n) is 5.45. The van der Waals surface area contributed by atoms with E-state index in [1.54, 1.807) is 34.9 Å². The van der Waals surface area contributed by atoms with Crippen LogP contribution < -0.4 is 10.9 Å². The van der Waals surface area contributed by atoms with Crippen LogP contribution in [0.3, 0.4) is 0 Å². The van der Waals surface area contributed by atoms with Crippen LogP contribution in [0.15, 0.2) is 46.3 Å². The molecule has 0 saturated carbocycles. The van der Waals surface area contributed by atoms with Crippen molar-refractivity contribution in [1.82, 2.24) is 19.9 Å². The second kappa shape index (κ2) is 7.06. The summed E-state index contributed by atoms with van der Waals surface area (Å²) < 4.78 is 1.55. The van der Waals surface area contributed by atoms with Crippen molar-refractivity contribution in [2.45, 2.75) is 19.0 Å². The lowest BCUT2D eigenvalue weighted by molar-refractivity contribution is 0.0956. The summed E-state index contributed by atoms with van der Waals surface area (Å²) >= 11 is 1.43. The molecule has 25 heavy (non-hydrogen) atoms. The molecule has 1 amide bonds. The summed E-state index contributed by atoms with van der Waals surface area (Å²) in [4.78, 5) is 33.3. The Morgan fingerprint density at radius 2 is 1.88 bits per heavy atom. The van der Waals surface area contributed by atoms with E-state index in [2.05, 4.69) is 15.3 Å². The average molecular weight is 354 g/mol. The molecule has 2 heterocycles. The highest BCUT2D eigenvalue weighted by atomic mass is 32.2. The molecule has 0 aliphatic carbocycles. The molecule has 0 fully saturated rings. The van der Waals surface area contributed by atoms with Gasteiger partial charge in [0.15, 0.2) is 10.8 Å². The van der Waals surface area contributed by atoms with Crippen LogP contribution >= 0.6 is 11.8 Å². The number of hydrogen-bond donors (Lipinski definition) is 1. The maximum atomic E-state index is 12.5. The molecule has 0 spiro atoms. The van der Waals surface area contributed by atoms with Crippen molar-refractivity contribution >= 4 is 28.7 Å². The van der Waals surface area contributed by atoms with Crippen LogP contribution in [-0.4, -0.2) is 33.2 Å². The van der Waals surface area contributed by atoms with E-state index in [0.717, 1.165) is 11.1 Å². The smallest absolute Gasteiger partial charge is 0.256 e. The van der Waals surface area contributed by atoms with Crippen molar-refractivity contribution in [3.05, 3.63) is 58.0 Å². The van der Waals surface area contributed by atoms with Crippen molar-refractivity contribution in [2.75, 3.05) is 12.8 Å². The third-order valence-electron chi connectivity index (χ3n) is 3.83. The molecule has 3 rings (SSSR count). The van der Waals surface area contributed by atoms with Crippen molar-refractivity contribution in [2.24, 2.45) is 0 Å². The number of hydrogen-bond acceptors (Lipinski definition) is 5. The van der Waals surface area contributed by atoms with E-state index in [1.165, 1.54) is 17.8 Å².